The molecule has 0 spiro atoms. The molecule has 1 aromatic rings. The van der Waals surface area contributed by atoms with Gasteiger partial charge in [-0.3, -0.25) is 15.0 Å². The minimum absolute atomic E-state index is 0.240. The highest BCUT2D eigenvalue weighted by Gasteiger charge is 2.25. The normalized spacial score (nSPS) is 14.5. The average molecular weight is 250 g/mol. The number of hydrogen-bond acceptors (Lipinski definition) is 3. The Morgan fingerprint density at radius 2 is 1.89 bits per heavy atom. The molecule has 0 unspecified atom stereocenters. The van der Waals surface area contributed by atoms with E-state index in [1.54, 1.807) is 19.2 Å². The lowest BCUT2D eigenvalue weighted by Gasteiger charge is -2.27. The molecular weight excluding hydrogens is 232 g/mol. The van der Waals surface area contributed by atoms with Gasteiger partial charge in [-0.25, -0.2) is 4.79 Å². The van der Waals surface area contributed by atoms with E-state index in [-0.39, 0.29) is 5.91 Å². The third-order valence-corrected chi connectivity index (χ3v) is 2.43. The number of nitrogens with zero attached hydrogens (tertiary/aromatic N) is 1. The molecule has 3 amide bonds. The van der Waals surface area contributed by atoms with Crippen LogP contribution in [0.3, 0.4) is 0 Å². The summed E-state index contributed by atoms with van der Waals surface area (Å²) in [7, 11) is 1.55. The van der Waals surface area contributed by atoms with Gasteiger partial charge in [-0.05, 0) is 12.1 Å². The Bertz CT molecular complexity index is 432. The molecule has 1 aliphatic heterocycles. The molecule has 1 aliphatic rings. The minimum Gasteiger partial charge on any atom is -0.495 e. The van der Waals surface area contributed by atoms with Gasteiger partial charge in [-0.1, -0.05) is 26.0 Å². The first-order valence-corrected chi connectivity index (χ1v) is 5.96. The summed E-state index contributed by atoms with van der Waals surface area (Å²) in [5.41, 5.74) is 0.676. The zero-order chi connectivity index (χ0) is 13.5. The van der Waals surface area contributed by atoms with E-state index in [1.807, 2.05) is 26.0 Å². The van der Waals surface area contributed by atoms with Crippen molar-refractivity contribution in [1.82, 2.24) is 5.32 Å². The summed E-state index contributed by atoms with van der Waals surface area (Å²) in [6.45, 7) is 4.38. The maximum Gasteiger partial charge on any atom is 0.328 e. The van der Waals surface area contributed by atoms with E-state index in [2.05, 4.69) is 5.32 Å². The van der Waals surface area contributed by atoms with Crippen molar-refractivity contribution in [2.75, 3.05) is 18.6 Å². The monoisotopic (exact) mass is 250 g/mol. The van der Waals surface area contributed by atoms with Crippen LogP contribution in [0.15, 0.2) is 24.3 Å². The summed E-state index contributed by atoms with van der Waals surface area (Å²) in [5.74, 6) is 0.378. The Hall–Kier alpha value is -2.04. The second-order valence-electron chi connectivity index (χ2n) is 3.43. The fourth-order valence-corrected chi connectivity index (χ4v) is 1.65. The number of carbonyl (C=O) groups is 2. The van der Waals surface area contributed by atoms with Crippen LogP contribution in [0.4, 0.5) is 10.5 Å². The number of urea groups is 1. The smallest absolute Gasteiger partial charge is 0.328 e. The Morgan fingerprint density at radius 3 is 2.50 bits per heavy atom. The molecule has 1 fully saturated rings. The first kappa shape index (κ1) is 14.0. The highest BCUT2D eigenvalue weighted by atomic mass is 16.5. The molecule has 18 heavy (non-hydrogen) atoms. The molecule has 5 heteroatoms. The van der Waals surface area contributed by atoms with E-state index in [9.17, 15) is 9.59 Å². The minimum atomic E-state index is -0.402. The van der Waals surface area contributed by atoms with Crippen molar-refractivity contribution in [2.24, 2.45) is 0 Å². The third kappa shape index (κ3) is 3.00. The summed E-state index contributed by atoms with van der Waals surface area (Å²) in [5, 5.41) is 2.27. The van der Waals surface area contributed by atoms with Gasteiger partial charge in [-0.15, -0.1) is 0 Å². The molecule has 1 heterocycles. The SMILES string of the molecule is CC.COc1ccccc1N1CCC(=O)NC1=O. The summed E-state index contributed by atoms with van der Waals surface area (Å²) < 4.78 is 5.17. The molecular formula is C13H18N2O3. The fraction of sp³-hybridized carbons (Fsp3) is 0.385. The summed E-state index contributed by atoms with van der Waals surface area (Å²) in [6.07, 6.45) is 0.309. The van der Waals surface area contributed by atoms with Crippen molar-refractivity contribution in [3.63, 3.8) is 0 Å². The molecule has 0 aromatic heterocycles. The predicted octanol–water partition coefficient (Wildman–Crippen LogP) is 2.17. The van der Waals surface area contributed by atoms with E-state index < -0.39 is 6.03 Å². The lowest BCUT2D eigenvalue weighted by atomic mass is 10.2. The number of methoxy groups -OCH3 is 1. The first-order valence-electron chi connectivity index (χ1n) is 5.96. The number of imide groups is 1. The number of ether oxygens (including phenoxy) is 1. The van der Waals surface area contributed by atoms with Gasteiger partial charge in [0.05, 0.1) is 12.8 Å². The molecule has 2 rings (SSSR count). The molecule has 0 aliphatic carbocycles. The van der Waals surface area contributed by atoms with Crippen LogP contribution in [0.25, 0.3) is 0 Å². The van der Waals surface area contributed by atoms with Gasteiger partial charge in [0.1, 0.15) is 5.75 Å². The van der Waals surface area contributed by atoms with Crippen molar-refractivity contribution in [2.45, 2.75) is 20.3 Å². The molecule has 0 atom stereocenters. The van der Waals surface area contributed by atoms with Crippen molar-refractivity contribution in [3.8, 4) is 5.75 Å². The second-order valence-corrected chi connectivity index (χ2v) is 3.43. The number of nitrogens with one attached hydrogen (secondary N) is 1. The van der Waals surface area contributed by atoms with E-state index in [4.69, 9.17) is 4.74 Å². The van der Waals surface area contributed by atoms with Gasteiger partial charge < -0.3 is 4.74 Å². The summed E-state index contributed by atoms with van der Waals surface area (Å²) in [4.78, 5) is 24.1. The lowest BCUT2D eigenvalue weighted by molar-refractivity contribution is -0.120. The predicted molar refractivity (Wildman–Crippen MR) is 69.8 cm³/mol. The molecule has 1 saturated heterocycles. The van der Waals surface area contributed by atoms with Crippen molar-refractivity contribution in [1.29, 1.82) is 0 Å². The number of benzene rings is 1. The molecule has 0 radical (unpaired) electrons. The van der Waals surface area contributed by atoms with Crippen LogP contribution in [0.2, 0.25) is 0 Å². The van der Waals surface area contributed by atoms with Gasteiger partial charge in [0, 0.05) is 13.0 Å². The average Bonchev–Trinajstić information content (AvgIpc) is 2.41. The van der Waals surface area contributed by atoms with E-state index in [0.29, 0.717) is 24.4 Å². The molecule has 1 aromatic carbocycles. The van der Waals surface area contributed by atoms with Crippen LogP contribution < -0.4 is 15.0 Å². The van der Waals surface area contributed by atoms with Gasteiger partial charge >= 0.3 is 6.03 Å². The largest absolute Gasteiger partial charge is 0.495 e. The maximum absolute atomic E-state index is 11.6. The van der Waals surface area contributed by atoms with Crippen LogP contribution in [-0.2, 0) is 4.79 Å². The topological polar surface area (TPSA) is 58.6 Å². The zero-order valence-electron chi connectivity index (χ0n) is 10.9. The number of amides is 3. The van der Waals surface area contributed by atoms with Gasteiger partial charge in [0.15, 0.2) is 0 Å². The standard InChI is InChI=1S/C11H12N2O3.C2H6/c1-16-9-5-3-2-4-8(9)13-7-6-10(14)12-11(13)15;1-2/h2-5H,6-7H2,1H3,(H,12,14,15);1-2H3. The second kappa shape index (κ2) is 6.64. The number of anilines is 1. The molecule has 1 N–H and O–H groups in total. The number of carbonyl (C=O) groups excluding carboxylic acids is 2. The number of rotatable bonds is 2. The highest BCUT2D eigenvalue weighted by molar-refractivity contribution is 6.06. The van der Waals surface area contributed by atoms with Crippen molar-refractivity contribution >= 4 is 17.6 Å². The molecule has 5 nitrogen and oxygen atoms in total. The van der Waals surface area contributed by atoms with E-state index >= 15 is 0 Å². The van der Waals surface area contributed by atoms with Gasteiger partial charge in [-0.2, -0.15) is 0 Å². The van der Waals surface area contributed by atoms with E-state index in [1.165, 1.54) is 4.90 Å². The van der Waals surface area contributed by atoms with Crippen LogP contribution in [0.5, 0.6) is 5.75 Å². The summed E-state index contributed by atoms with van der Waals surface area (Å²) in [6, 6.07) is 6.81. The Kier molecular flexibility index (Phi) is 5.17. The van der Waals surface area contributed by atoms with Crippen LogP contribution in [0.1, 0.15) is 20.3 Å². The van der Waals surface area contributed by atoms with Crippen LogP contribution in [0, 0.1) is 0 Å². The Labute approximate surface area is 107 Å². The zero-order valence-corrected chi connectivity index (χ0v) is 10.9. The first-order chi connectivity index (χ1) is 8.72. The van der Waals surface area contributed by atoms with Crippen molar-refractivity contribution in [3.05, 3.63) is 24.3 Å². The maximum atomic E-state index is 11.6. The number of para-hydroxylation sites is 2. The molecule has 0 saturated carbocycles. The molecule has 0 bridgehead atoms. The third-order valence-electron chi connectivity index (χ3n) is 2.43. The van der Waals surface area contributed by atoms with Gasteiger partial charge in [0.25, 0.3) is 0 Å². The van der Waals surface area contributed by atoms with Crippen LogP contribution >= 0.6 is 0 Å². The lowest BCUT2D eigenvalue weighted by Crippen LogP contribution is -2.49. The number of hydrogen-bond donors (Lipinski definition) is 1. The van der Waals surface area contributed by atoms with Crippen LogP contribution in [-0.4, -0.2) is 25.6 Å². The quantitative estimate of drug-likeness (QED) is 0.875. The summed E-state index contributed by atoms with van der Waals surface area (Å²) >= 11 is 0. The van der Waals surface area contributed by atoms with Gasteiger partial charge in [0.2, 0.25) is 5.91 Å². The highest BCUT2D eigenvalue weighted by Crippen LogP contribution is 2.28. The Morgan fingerprint density at radius 1 is 1.22 bits per heavy atom. The van der Waals surface area contributed by atoms with E-state index in [0.717, 1.165) is 0 Å². The Balaban J connectivity index is 0.000000771. The van der Waals surface area contributed by atoms with Crippen molar-refractivity contribution < 1.29 is 14.3 Å². The fourth-order valence-electron chi connectivity index (χ4n) is 1.65. The molecule has 98 valence electrons.